The van der Waals surface area contributed by atoms with Crippen LogP contribution in [0, 0.1) is 0 Å². The van der Waals surface area contributed by atoms with E-state index in [0.717, 1.165) is 33.9 Å². The van der Waals surface area contributed by atoms with Crippen LogP contribution in [-0.2, 0) is 0 Å². The maximum atomic E-state index is 6.63. The molecular weight excluding hydrogens is 460 g/mol. The Kier molecular flexibility index (Phi) is 6.50. The molecule has 0 amide bonds. The molecule has 0 saturated heterocycles. The van der Waals surface area contributed by atoms with Gasteiger partial charge < -0.3 is 28.4 Å². The van der Waals surface area contributed by atoms with Gasteiger partial charge in [-0.3, -0.25) is 0 Å². The first-order valence-electron chi connectivity index (χ1n) is 11.8. The van der Waals surface area contributed by atoms with Gasteiger partial charge in [-0.25, -0.2) is 5.01 Å². The Bertz CT molecular complexity index is 1270. The van der Waals surface area contributed by atoms with Gasteiger partial charge in [0.05, 0.1) is 46.8 Å². The van der Waals surface area contributed by atoms with Gasteiger partial charge in [0, 0.05) is 23.1 Å². The minimum absolute atomic E-state index is 0.0422. The number of ether oxygens (including phenoxy) is 6. The largest absolute Gasteiger partial charge is 0.497 e. The number of hydrazone groups is 1. The second-order valence-corrected chi connectivity index (χ2v) is 8.41. The molecule has 2 aliphatic rings. The summed E-state index contributed by atoms with van der Waals surface area (Å²) in [5, 5.41) is 7.06. The molecule has 2 aliphatic heterocycles. The molecule has 0 radical (unpaired) electrons. The number of nitrogens with zero attached hydrogens (tertiary/aromatic N) is 2. The first-order valence-corrected chi connectivity index (χ1v) is 11.8. The van der Waals surface area contributed by atoms with E-state index in [4.69, 9.17) is 33.5 Å². The van der Waals surface area contributed by atoms with Crippen molar-refractivity contribution in [3.05, 3.63) is 71.3 Å². The van der Waals surface area contributed by atoms with E-state index in [1.165, 1.54) is 0 Å². The Balaban J connectivity index is 1.65. The van der Waals surface area contributed by atoms with Crippen molar-refractivity contribution in [2.45, 2.75) is 25.6 Å². The lowest BCUT2D eigenvalue weighted by Crippen LogP contribution is -2.34. The quantitative estimate of drug-likeness (QED) is 0.421. The lowest BCUT2D eigenvalue weighted by atomic mass is 9.95. The average molecular weight is 491 g/mol. The summed E-state index contributed by atoms with van der Waals surface area (Å²) in [5.74, 6) is 3.84. The maximum absolute atomic E-state index is 6.63. The van der Waals surface area contributed by atoms with E-state index in [9.17, 15) is 0 Å². The topological polar surface area (TPSA) is 71.0 Å². The van der Waals surface area contributed by atoms with Crippen molar-refractivity contribution in [3.8, 4) is 34.5 Å². The lowest BCUT2D eigenvalue weighted by Gasteiger charge is -2.39. The van der Waals surface area contributed by atoms with Crippen molar-refractivity contribution in [2.75, 3.05) is 35.0 Å². The van der Waals surface area contributed by atoms with E-state index < -0.39 is 6.23 Å². The Labute approximate surface area is 210 Å². The number of para-hydroxylation sites is 1. The van der Waals surface area contributed by atoms with Gasteiger partial charge in [-0.1, -0.05) is 24.3 Å². The van der Waals surface area contributed by atoms with E-state index >= 15 is 0 Å². The summed E-state index contributed by atoms with van der Waals surface area (Å²) in [5.41, 5.74) is 3.82. The number of fused-ring (bicyclic) bond motifs is 3. The van der Waals surface area contributed by atoms with Crippen molar-refractivity contribution in [3.63, 3.8) is 0 Å². The van der Waals surface area contributed by atoms with Crippen LogP contribution >= 0.6 is 0 Å². The van der Waals surface area contributed by atoms with Gasteiger partial charge in [0.2, 0.25) is 12.0 Å². The summed E-state index contributed by atoms with van der Waals surface area (Å²) in [6.45, 7) is 2.50. The van der Waals surface area contributed by atoms with Crippen LogP contribution in [-0.4, -0.2) is 45.8 Å². The third kappa shape index (κ3) is 4.02. The summed E-state index contributed by atoms with van der Waals surface area (Å²) in [6.07, 6.45) is 0.168. The van der Waals surface area contributed by atoms with Crippen molar-refractivity contribution in [1.29, 1.82) is 0 Å². The number of rotatable bonds is 8. The van der Waals surface area contributed by atoms with Crippen LogP contribution < -0.4 is 28.4 Å². The van der Waals surface area contributed by atoms with Crippen LogP contribution in [0.25, 0.3) is 0 Å². The van der Waals surface area contributed by atoms with E-state index in [1.54, 1.807) is 28.4 Å². The van der Waals surface area contributed by atoms with Gasteiger partial charge in [0.15, 0.2) is 23.0 Å². The van der Waals surface area contributed by atoms with E-state index in [-0.39, 0.29) is 6.04 Å². The number of hydrogen-bond donors (Lipinski definition) is 0. The van der Waals surface area contributed by atoms with Crippen molar-refractivity contribution in [1.82, 2.24) is 5.01 Å². The molecule has 5 rings (SSSR count). The zero-order valence-corrected chi connectivity index (χ0v) is 21.1. The van der Waals surface area contributed by atoms with Gasteiger partial charge in [-0.05, 0) is 37.3 Å². The van der Waals surface area contributed by atoms with Crippen LogP contribution in [0.3, 0.4) is 0 Å². The van der Waals surface area contributed by atoms with Crippen LogP contribution in [0.5, 0.6) is 34.5 Å². The summed E-state index contributed by atoms with van der Waals surface area (Å²) < 4.78 is 34.8. The Hall–Kier alpha value is -4.07. The van der Waals surface area contributed by atoms with Gasteiger partial charge in [-0.2, -0.15) is 5.10 Å². The Morgan fingerprint density at radius 2 is 1.64 bits per heavy atom. The molecule has 0 aromatic heterocycles. The third-order valence-electron chi connectivity index (χ3n) is 6.46. The predicted molar refractivity (Wildman–Crippen MR) is 136 cm³/mol. The molecule has 0 spiro atoms. The zero-order chi connectivity index (χ0) is 25.2. The van der Waals surface area contributed by atoms with E-state index in [2.05, 4.69) is 6.07 Å². The molecule has 3 aromatic rings. The molecule has 0 fully saturated rings. The average Bonchev–Trinajstić information content (AvgIpc) is 3.38. The molecule has 0 aliphatic carbocycles. The van der Waals surface area contributed by atoms with Gasteiger partial charge in [-0.15, -0.1) is 0 Å². The molecule has 0 saturated carbocycles. The number of hydrogen-bond acceptors (Lipinski definition) is 8. The monoisotopic (exact) mass is 490 g/mol. The van der Waals surface area contributed by atoms with Crippen LogP contribution in [0.4, 0.5) is 0 Å². The van der Waals surface area contributed by atoms with Crippen LogP contribution in [0.1, 0.15) is 42.3 Å². The second-order valence-electron chi connectivity index (χ2n) is 8.41. The minimum Gasteiger partial charge on any atom is -0.497 e. The first-order chi connectivity index (χ1) is 17.6. The number of methoxy groups -OCH3 is 4. The highest BCUT2D eigenvalue weighted by atomic mass is 16.5. The zero-order valence-electron chi connectivity index (χ0n) is 21.1. The highest BCUT2D eigenvalue weighted by molar-refractivity contribution is 6.02. The third-order valence-corrected chi connectivity index (χ3v) is 6.46. The molecule has 0 N–H and O–H groups in total. The molecule has 0 bridgehead atoms. The fraction of sp³-hybridized carbons (Fsp3) is 0.321. The van der Waals surface area contributed by atoms with Gasteiger partial charge in [0.25, 0.3) is 0 Å². The number of benzene rings is 3. The standard InChI is InChI=1S/C28H30N2O6/c1-6-35-23-12-8-11-20-22-16-21(17-9-7-10-19(13-17)31-2)29-30(22)28(36-26(20)23)18-14-24(32-3)27(34-5)25(15-18)33-4/h7-15,22,28H,6,16H2,1-5H3. The highest BCUT2D eigenvalue weighted by Gasteiger charge is 2.42. The smallest absolute Gasteiger partial charge is 0.214 e. The van der Waals surface area contributed by atoms with E-state index in [1.807, 2.05) is 60.5 Å². The van der Waals surface area contributed by atoms with Crippen molar-refractivity contribution in [2.24, 2.45) is 5.10 Å². The summed E-state index contributed by atoms with van der Waals surface area (Å²) in [4.78, 5) is 0. The normalized spacial score (nSPS) is 17.9. The molecule has 8 nitrogen and oxygen atoms in total. The SMILES string of the molecule is CCOc1cccc2c1OC(c1cc(OC)c(OC)c(OC)c1)N1N=C(c3cccc(OC)c3)CC21. The summed E-state index contributed by atoms with van der Waals surface area (Å²) in [7, 11) is 6.45. The molecule has 36 heavy (non-hydrogen) atoms. The molecule has 3 aromatic carbocycles. The molecule has 2 heterocycles. The molecule has 2 atom stereocenters. The van der Waals surface area contributed by atoms with Gasteiger partial charge >= 0.3 is 0 Å². The van der Waals surface area contributed by atoms with Gasteiger partial charge in [0.1, 0.15) is 5.75 Å². The van der Waals surface area contributed by atoms with Crippen molar-refractivity contribution < 1.29 is 28.4 Å². The molecule has 8 heteroatoms. The van der Waals surface area contributed by atoms with Crippen LogP contribution in [0.15, 0.2) is 59.7 Å². The van der Waals surface area contributed by atoms with Crippen molar-refractivity contribution >= 4 is 5.71 Å². The fourth-order valence-corrected chi connectivity index (χ4v) is 4.79. The molecule has 188 valence electrons. The first kappa shape index (κ1) is 23.7. The summed E-state index contributed by atoms with van der Waals surface area (Å²) in [6, 6.07) is 17.7. The van der Waals surface area contributed by atoms with Crippen LogP contribution in [0.2, 0.25) is 0 Å². The molecule has 2 unspecified atom stereocenters. The maximum Gasteiger partial charge on any atom is 0.214 e. The lowest BCUT2D eigenvalue weighted by molar-refractivity contribution is -0.0214. The predicted octanol–water partition coefficient (Wildman–Crippen LogP) is 5.36. The highest BCUT2D eigenvalue weighted by Crippen LogP contribution is 2.52. The minimum atomic E-state index is -0.541. The Morgan fingerprint density at radius 1 is 0.889 bits per heavy atom. The Morgan fingerprint density at radius 3 is 2.31 bits per heavy atom. The molecular formula is C28H30N2O6. The van der Waals surface area contributed by atoms with E-state index in [0.29, 0.717) is 36.0 Å². The fourth-order valence-electron chi connectivity index (χ4n) is 4.79. The summed E-state index contributed by atoms with van der Waals surface area (Å²) >= 11 is 0. The second kappa shape index (κ2) is 9.89.